The van der Waals surface area contributed by atoms with Crippen molar-refractivity contribution in [1.82, 2.24) is 10.0 Å². The fraction of sp³-hybridized carbons (Fsp3) is 0.231. The summed E-state index contributed by atoms with van der Waals surface area (Å²) in [6.07, 6.45) is 0. The number of rotatable bonds is 1. The second-order valence-electron chi connectivity index (χ2n) is 4.69. The number of benzene rings is 1. The fourth-order valence-corrected chi connectivity index (χ4v) is 4.82. The number of methoxy groups -OCH3 is 1. The summed E-state index contributed by atoms with van der Waals surface area (Å²) in [6.45, 7) is 0. The van der Waals surface area contributed by atoms with E-state index in [0.717, 1.165) is 33.5 Å². The predicted octanol–water partition coefficient (Wildman–Crippen LogP) is 1.93. The molecule has 10 heteroatoms. The van der Waals surface area contributed by atoms with Crippen molar-refractivity contribution in [3.05, 3.63) is 21.4 Å². The molecule has 1 N–H and O–H groups in total. The summed E-state index contributed by atoms with van der Waals surface area (Å²) >= 11 is 1.72. The average Bonchev–Trinajstić information content (AvgIpc) is 3.03. The number of thioether (sulfide) groups is 2. The Kier molecular flexibility index (Phi) is 3.68. The molecule has 23 heavy (non-hydrogen) atoms. The van der Waals surface area contributed by atoms with Crippen LogP contribution in [0.5, 0.6) is 11.5 Å². The molecule has 3 rings (SSSR count). The van der Waals surface area contributed by atoms with Gasteiger partial charge in [-0.25, -0.2) is 0 Å². The molecule has 0 bridgehead atoms. The number of aromatic hydroxyl groups is 1. The first-order valence-corrected chi connectivity index (χ1v) is 7.86. The third-order valence-corrected chi connectivity index (χ3v) is 6.09. The Morgan fingerprint density at radius 1 is 1.00 bits per heavy atom. The molecular weight excluding hydrogens is 350 g/mol. The lowest BCUT2D eigenvalue weighted by molar-refractivity contribution is -0.141. The second-order valence-corrected chi connectivity index (χ2v) is 6.99. The Morgan fingerprint density at radius 3 is 2.04 bits per heavy atom. The summed E-state index contributed by atoms with van der Waals surface area (Å²) in [5.41, 5.74) is -0.108. The smallest absolute Gasteiger partial charge is 0.279 e. The molecule has 122 valence electrons. The summed E-state index contributed by atoms with van der Waals surface area (Å²) in [4.78, 5) is 24.5. The SMILES string of the molecule is COc1c(F)c(F)c(O)c2c1SC(=C1C(=O)N(C)N(C)C1=O)S2. The van der Waals surface area contributed by atoms with Gasteiger partial charge in [-0.2, -0.15) is 8.78 Å². The van der Waals surface area contributed by atoms with E-state index in [1.54, 1.807) is 0 Å². The van der Waals surface area contributed by atoms with Crippen LogP contribution in [0.1, 0.15) is 0 Å². The molecular formula is C13H10F2N2O4S2. The van der Waals surface area contributed by atoms with Gasteiger partial charge in [-0.15, -0.1) is 0 Å². The van der Waals surface area contributed by atoms with E-state index in [2.05, 4.69) is 0 Å². The molecule has 0 radical (unpaired) electrons. The molecule has 0 aromatic heterocycles. The van der Waals surface area contributed by atoms with E-state index in [1.807, 2.05) is 0 Å². The summed E-state index contributed by atoms with van der Waals surface area (Å²) in [5, 5.41) is 12.1. The predicted molar refractivity (Wildman–Crippen MR) is 78.9 cm³/mol. The van der Waals surface area contributed by atoms with Gasteiger partial charge in [0.25, 0.3) is 11.8 Å². The highest BCUT2D eigenvalue weighted by molar-refractivity contribution is 8.25. The van der Waals surface area contributed by atoms with Gasteiger partial charge in [-0.3, -0.25) is 19.6 Å². The maximum atomic E-state index is 13.9. The first-order chi connectivity index (χ1) is 10.8. The molecule has 6 nitrogen and oxygen atoms in total. The molecule has 1 fully saturated rings. The van der Waals surface area contributed by atoms with Crippen LogP contribution in [-0.4, -0.2) is 48.1 Å². The monoisotopic (exact) mass is 360 g/mol. The Hall–Kier alpha value is -1.94. The van der Waals surface area contributed by atoms with Gasteiger partial charge < -0.3 is 9.84 Å². The molecule has 2 aliphatic rings. The quantitative estimate of drug-likeness (QED) is 0.610. The number of likely N-dealkylation sites (N-methyl/N-ethyl adjacent to an activating group) is 2. The number of phenolic OH excluding ortho intramolecular Hbond substituents is 1. The molecule has 2 amide bonds. The minimum Gasteiger partial charge on any atom is -0.504 e. The molecule has 2 heterocycles. The summed E-state index contributed by atoms with van der Waals surface area (Å²) in [7, 11) is 4.03. The third-order valence-electron chi connectivity index (χ3n) is 3.49. The molecule has 0 atom stereocenters. The van der Waals surface area contributed by atoms with Crippen LogP contribution in [0, 0.1) is 11.6 Å². The molecule has 0 saturated carbocycles. The van der Waals surface area contributed by atoms with E-state index in [0.29, 0.717) is 0 Å². The van der Waals surface area contributed by atoms with Crippen LogP contribution >= 0.6 is 23.5 Å². The second kappa shape index (κ2) is 5.31. The largest absolute Gasteiger partial charge is 0.504 e. The first-order valence-electron chi connectivity index (χ1n) is 6.23. The van der Waals surface area contributed by atoms with Crippen LogP contribution in [0.15, 0.2) is 19.6 Å². The van der Waals surface area contributed by atoms with Crippen LogP contribution in [0.25, 0.3) is 0 Å². The van der Waals surface area contributed by atoms with Crippen molar-refractivity contribution in [3.63, 3.8) is 0 Å². The average molecular weight is 360 g/mol. The number of carbonyl (C=O) groups excluding carboxylic acids is 2. The van der Waals surface area contributed by atoms with E-state index >= 15 is 0 Å². The first kappa shape index (κ1) is 15.9. The Labute approximate surface area is 138 Å². The molecule has 1 saturated heterocycles. The zero-order chi connectivity index (χ0) is 17.0. The standard InChI is InChI=1S/C13H10F2N2O4S2/c1-16-11(19)4(12(20)17(16)2)13-22-9-7(18)5(14)6(15)8(21-3)10(9)23-13/h18H,1-3H3. The molecule has 1 aromatic rings. The lowest BCUT2D eigenvalue weighted by Gasteiger charge is -2.16. The number of fused-ring (bicyclic) bond motifs is 1. The van der Waals surface area contributed by atoms with Crippen molar-refractivity contribution in [2.24, 2.45) is 0 Å². The topological polar surface area (TPSA) is 70.1 Å². The zero-order valence-electron chi connectivity index (χ0n) is 12.1. The van der Waals surface area contributed by atoms with E-state index in [-0.39, 0.29) is 25.4 Å². The highest BCUT2D eigenvalue weighted by Crippen LogP contribution is 2.60. The van der Waals surface area contributed by atoms with Crippen molar-refractivity contribution in [2.45, 2.75) is 9.79 Å². The Morgan fingerprint density at radius 2 is 1.52 bits per heavy atom. The highest BCUT2D eigenvalue weighted by atomic mass is 32.2. The number of carbonyl (C=O) groups is 2. The van der Waals surface area contributed by atoms with Gasteiger partial charge in [-0.1, -0.05) is 23.5 Å². The minimum atomic E-state index is -1.43. The van der Waals surface area contributed by atoms with E-state index in [1.165, 1.54) is 21.2 Å². The number of hydrogen-bond acceptors (Lipinski definition) is 6. The van der Waals surface area contributed by atoms with Crippen LogP contribution in [-0.2, 0) is 9.59 Å². The number of hydrazine groups is 1. The summed E-state index contributed by atoms with van der Waals surface area (Å²) in [5.74, 6) is -5.05. The van der Waals surface area contributed by atoms with Crippen molar-refractivity contribution >= 4 is 35.3 Å². The highest BCUT2D eigenvalue weighted by Gasteiger charge is 2.42. The number of nitrogens with zero attached hydrogens (tertiary/aromatic N) is 2. The van der Waals surface area contributed by atoms with Gasteiger partial charge >= 0.3 is 0 Å². The number of phenols is 1. The maximum absolute atomic E-state index is 13.9. The third kappa shape index (κ3) is 2.08. The molecule has 0 spiro atoms. The number of ether oxygens (including phenoxy) is 1. The van der Waals surface area contributed by atoms with Gasteiger partial charge in [0.15, 0.2) is 11.5 Å². The minimum absolute atomic E-state index is 0.0195. The Balaban J connectivity index is 2.17. The van der Waals surface area contributed by atoms with E-state index in [4.69, 9.17) is 4.74 Å². The van der Waals surface area contributed by atoms with Crippen LogP contribution in [0.3, 0.4) is 0 Å². The van der Waals surface area contributed by atoms with Crippen molar-refractivity contribution in [1.29, 1.82) is 0 Å². The van der Waals surface area contributed by atoms with Crippen molar-refractivity contribution in [2.75, 3.05) is 21.2 Å². The van der Waals surface area contributed by atoms with Crippen LogP contribution in [0.2, 0.25) is 0 Å². The fourth-order valence-electron chi connectivity index (χ4n) is 2.15. The van der Waals surface area contributed by atoms with E-state index in [9.17, 15) is 23.5 Å². The molecule has 0 aliphatic carbocycles. The van der Waals surface area contributed by atoms with Crippen molar-refractivity contribution in [3.8, 4) is 11.5 Å². The van der Waals surface area contributed by atoms with Gasteiger partial charge in [0.1, 0.15) is 5.57 Å². The molecule has 1 aromatic carbocycles. The van der Waals surface area contributed by atoms with Crippen molar-refractivity contribution < 1.29 is 28.2 Å². The normalized spacial score (nSPS) is 17.4. The van der Waals surface area contributed by atoms with E-state index < -0.39 is 29.2 Å². The van der Waals surface area contributed by atoms with Crippen LogP contribution in [0.4, 0.5) is 8.78 Å². The van der Waals surface area contributed by atoms with Gasteiger partial charge in [0.2, 0.25) is 11.6 Å². The molecule has 2 aliphatic heterocycles. The zero-order valence-corrected chi connectivity index (χ0v) is 13.8. The number of amides is 2. The number of halogens is 2. The van der Waals surface area contributed by atoms with Gasteiger partial charge in [0, 0.05) is 14.1 Å². The molecule has 0 unspecified atom stereocenters. The Bertz CT molecular complexity index is 775. The lowest BCUT2D eigenvalue weighted by atomic mass is 10.3. The van der Waals surface area contributed by atoms with Gasteiger partial charge in [-0.05, 0) is 0 Å². The summed E-state index contributed by atoms with van der Waals surface area (Å²) < 4.78 is 32.7. The van der Waals surface area contributed by atoms with Gasteiger partial charge in [0.05, 0.1) is 21.1 Å². The lowest BCUT2D eigenvalue weighted by Crippen LogP contribution is -2.33. The summed E-state index contributed by atoms with van der Waals surface area (Å²) in [6, 6.07) is 0. The van der Waals surface area contributed by atoms with Crippen LogP contribution < -0.4 is 4.74 Å². The maximum Gasteiger partial charge on any atom is 0.279 e. The number of hydrogen-bond donors (Lipinski definition) is 1.